The van der Waals surface area contributed by atoms with E-state index in [0.717, 1.165) is 16.7 Å². The van der Waals surface area contributed by atoms with Crippen molar-refractivity contribution in [2.75, 3.05) is 0 Å². The molecule has 0 radical (unpaired) electrons. The molecule has 3 rings (SSSR count). The predicted molar refractivity (Wildman–Crippen MR) is 105 cm³/mol. The van der Waals surface area contributed by atoms with Crippen molar-refractivity contribution in [1.82, 2.24) is 24.1 Å². The van der Waals surface area contributed by atoms with E-state index in [1.807, 2.05) is 19.2 Å². The number of hydrogen-bond donors (Lipinski definition) is 1. The molecule has 2 heterocycles. The fourth-order valence-electron chi connectivity index (χ4n) is 2.88. The normalized spacial score (nSPS) is 12.7. The van der Waals surface area contributed by atoms with Crippen molar-refractivity contribution in [1.29, 1.82) is 0 Å². The maximum absolute atomic E-state index is 10.9. The fourth-order valence-corrected chi connectivity index (χ4v) is 3.05. The Morgan fingerprint density at radius 1 is 1.00 bits per heavy atom. The smallest absolute Gasteiger partial charge is 0.256 e. The third kappa shape index (κ3) is 3.11. The first kappa shape index (κ1) is 18.5. The Bertz CT molecular complexity index is 1020. The van der Waals surface area contributed by atoms with Crippen molar-refractivity contribution >= 4 is 18.0 Å². The van der Waals surface area contributed by atoms with Crippen LogP contribution >= 0.6 is 12.2 Å². The van der Waals surface area contributed by atoms with Crippen LogP contribution in [-0.4, -0.2) is 29.3 Å². The average Bonchev–Trinajstić information content (AvgIpc) is 2.94. The molecule has 26 heavy (non-hydrogen) atoms. The number of aromatic nitrogens is 5. The summed E-state index contributed by atoms with van der Waals surface area (Å²) < 4.78 is 3.81. The average molecular weight is 372 g/mol. The lowest BCUT2D eigenvalue weighted by molar-refractivity contribution is 0.423. The zero-order valence-corrected chi connectivity index (χ0v) is 17.1. The van der Waals surface area contributed by atoms with Crippen molar-refractivity contribution in [2.45, 2.75) is 52.4 Å². The SMILES string of the molecule is Cn1cnc2nc(-c3cc(C(C)(C)C)c(O)c(C(C)(C)C)c3)nn2c1=S. The topological polar surface area (TPSA) is 68.2 Å². The van der Waals surface area contributed by atoms with Crippen LogP contribution in [0.15, 0.2) is 18.5 Å². The van der Waals surface area contributed by atoms with Crippen LogP contribution in [0.25, 0.3) is 17.2 Å². The van der Waals surface area contributed by atoms with Gasteiger partial charge in [0.05, 0.1) is 0 Å². The Hall–Kier alpha value is -2.28. The van der Waals surface area contributed by atoms with Gasteiger partial charge < -0.3 is 9.67 Å². The molecule has 0 spiro atoms. The minimum Gasteiger partial charge on any atom is -0.507 e. The molecule has 1 N–H and O–H groups in total. The van der Waals surface area contributed by atoms with Crippen LogP contribution in [-0.2, 0) is 17.9 Å². The van der Waals surface area contributed by atoms with Crippen LogP contribution in [0.4, 0.5) is 0 Å². The molecule has 0 saturated carbocycles. The molecule has 0 bridgehead atoms. The van der Waals surface area contributed by atoms with E-state index < -0.39 is 0 Å². The number of aromatic hydroxyl groups is 1. The van der Waals surface area contributed by atoms with Crippen molar-refractivity contribution in [2.24, 2.45) is 7.05 Å². The Kier molecular flexibility index (Phi) is 4.18. The molecule has 0 aliphatic carbocycles. The van der Waals surface area contributed by atoms with Gasteiger partial charge in [0.25, 0.3) is 5.78 Å². The number of fused-ring (bicyclic) bond motifs is 1. The number of phenols is 1. The van der Waals surface area contributed by atoms with Gasteiger partial charge in [-0.1, -0.05) is 41.5 Å². The molecule has 138 valence electrons. The molecule has 0 atom stereocenters. The second kappa shape index (κ2) is 5.87. The highest BCUT2D eigenvalue weighted by molar-refractivity contribution is 7.71. The van der Waals surface area contributed by atoms with E-state index in [0.29, 0.717) is 22.1 Å². The standard InChI is InChI=1S/C19H25N5OS/c1-18(2,3)12-8-11(9-13(14(12)25)19(4,5)6)15-21-16-20-10-23(7)17(26)24(16)22-15/h8-10,25H,1-7H3. The summed E-state index contributed by atoms with van der Waals surface area (Å²) >= 11 is 5.39. The van der Waals surface area contributed by atoms with Gasteiger partial charge in [0, 0.05) is 23.7 Å². The van der Waals surface area contributed by atoms with Gasteiger partial charge >= 0.3 is 0 Å². The van der Waals surface area contributed by atoms with E-state index in [1.165, 1.54) is 0 Å². The van der Waals surface area contributed by atoms with Gasteiger partial charge in [-0.3, -0.25) is 0 Å². The van der Waals surface area contributed by atoms with E-state index in [1.54, 1.807) is 15.4 Å². The highest BCUT2D eigenvalue weighted by Gasteiger charge is 2.27. The maximum atomic E-state index is 10.9. The first-order valence-electron chi connectivity index (χ1n) is 8.56. The summed E-state index contributed by atoms with van der Waals surface area (Å²) in [5.41, 5.74) is 2.16. The summed E-state index contributed by atoms with van der Waals surface area (Å²) in [6, 6.07) is 3.92. The Morgan fingerprint density at radius 3 is 2.04 bits per heavy atom. The van der Waals surface area contributed by atoms with E-state index in [-0.39, 0.29) is 10.8 Å². The molecule has 0 saturated heterocycles. The van der Waals surface area contributed by atoms with Crippen molar-refractivity contribution in [3.8, 4) is 17.1 Å². The number of aryl methyl sites for hydroxylation is 1. The largest absolute Gasteiger partial charge is 0.507 e. The Morgan fingerprint density at radius 2 is 1.54 bits per heavy atom. The van der Waals surface area contributed by atoms with Crippen LogP contribution in [0.5, 0.6) is 5.75 Å². The van der Waals surface area contributed by atoms with Crippen molar-refractivity contribution in [3.63, 3.8) is 0 Å². The van der Waals surface area contributed by atoms with E-state index in [9.17, 15) is 5.11 Å². The van der Waals surface area contributed by atoms with Gasteiger partial charge in [-0.05, 0) is 35.2 Å². The van der Waals surface area contributed by atoms with E-state index >= 15 is 0 Å². The van der Waals surface area contributed by atoms with Gasteiger partial charge in [-0.25, -0.2) is 4.98 Å². The van der Waals surface area contributed by atoms with Crippen molar-refractivity contribution < 1.29 is 5.11 Å². The van der Waals surface area contributed by atoms with Crippen LogP contribution < -0.4 is 0 Å². The minimum absolute atomic E-state index is 0.215. The van der Waals surface area contributed by atoms with Gasteiger partial charge in [-0.2, -0.15) is 9.50 Å². The zero-order chi connectivity index (χ0) is 19.4. The van der Waals surface area contributed by atoms with Crippen LogP contribution in [0.3, 0.4) is 0 Å². The lowest BCUT2D eigenvalue weighted by Crippen LogP contribution is -2.17. The second-order valence-electron chi connectivity index (χ2n) is 8.71. The number of rotatable bonds is 1. The molecule has 7 heteroatoms. The molecule has 0 aliphatic rings. The molecule has 6 nitrogen and oxygen atoms in total. The second-order valence-corrected chi connectivity index (χ2v) is 9.07. The van der Waals surface area contributed by atoms with Gasteiger partial charge in [0.1, 0.15) is 12.1 Å². The summed E-state index contributed by atoms with van der Waals surface area (Å²) in [6.07, 6.45) is 1.63. The summed E-state index contributed by atoms with van der Waals surface area (Å²) in [6.45, 7) is 12.5. The molecule has 0 aliphatic heterocycles. The Balaban J connectivity index is 2.32. The van der Waals surface area contributed by atoms with Crippen LogP contribution in [0.1, 0.15) is 52.7 Å². The maximum Gasteiger partial charge on any atom is 0.256 e. The summed E-state index contributed by atoms with van der Waals surface area (Å²) in [5, 5.41) is 15.4. The quantitative estimate of drug-likeness (QED) is 0.651. The van der Waals surface area contributed by atoms with Gasteiger partial charge in [0.15, 0.2) is 5.82 Å². The minimum atomic E-state index is -0.215. The molecule has 0 unspecified atom stereocenters. The number of benzene rings is 1. The lowest BCUT2D eigenvalue weighted by Gasteiger charge is -2.27. The Labute approximate surface area is 158 Å². The molecule has 2 aromatic heterocycles. The molecule has 0 fully saturated rings. The molecule has 0 amide bonds. The number of phenolic OH excluding ortho intramolecular Hbond substituents is 1. The molecule has 1 aromatic carbocycles. The highest BCUT2D eigenvalue weighted by Crippen LogP contribution is 2.41. The molecular weight excluding hydrogens is 346 g/mol. The first-order chi connectivity index (χ1) is 11.9. The summed E-state index contributed by atoms with van der Waals surface area (Å²) in [7, 11) is 1.83. The summed E-state index contributed by atoms with van der Waals surface area (Å²) in [4.78, 5) is 8.82. The third-order valence-electron chi connectivity index (χ3n) is 4.40. The summed E-state index contributed by atoms with van der Waals surface area (Å²) in [5.74, 6) is 1.35. The fraction of sp³-hybridized carbons (Fsp3) is 0.474. The van der Waals surface area contributed by atoms with Gasteiger partial charge in [-0.15, -0.1) is 5.10 Å². The first-order valence-corrected chi connectivity index (χ1v) is 8.97. The number of nitrogens with zero attached hydrogens (tertiary/aromatic N) is 5. The van der Waals surface area contributed by atoms with E-state index in [4.69, 9.17) is 12.2 Å². The van der Waals surface area contributed by atoms with Crippen molar-refractivity contribution in [3.05, 3.63) is 34.4 Å². The third-order valence-corrected chi connectivity index (χ3v) is 4.86. The molecular formula is C19H25N5OS. The predicted octanol–water partition coefficient (Wildman–Crippen LogP) is 4.16. The highest BCUT2D eigenvalue weighted by atomic mass is 32.1. The zero-order valence-electron chi connectivity index (χ0n) is 16.3. The van der Waals surface area contributed by atoms with Crippen LogP contribution in [0.2, 0.25) is 0 Å². The monoisotopic (exact) mass is 371 g/mol. The van der Waals surface area contributed by atoms with Gasteiger partial charge in [0.2, 0.25) is 4.77 Å². The number of hydrogen-bond acceptors (Lipinski definition) is 5. The van der Waals surface area contributed by atoms with Crippen LogP contribution in [0, 0.1) is 4.77 Å². The van der Waals surface area contributed by atoms with E-state index in [2.05, 4.69) is 56.6 Å². The lowest BCUT2D eigenvalue weighted by atomic mass is 9.78. The molecule has 3 aromatic rings.